The quantitative estimate of drug-likeness (QED) is 0.832. The molecule has 4 rings (SSSR count). The lowest BCUT2D eigenvalue weighted by Crippen LogP contribution is -2.21. The van der Waals surface area contributed by atoms with Crippen LogP contribution in [-0.4, -0.2) is 24.4 Å². The number of hydrogen-bond acceptors (Lipinski definition) is 3. The second kappa shape index (κ2) is 3.78. The van der Waals surface area contributed by atoms with Crippen molar-refractivity contribution in [2.45, 2.75) is 6.42 Å². The number of rotatable bonds is 1. The van der Waals surface area contributed by atoms with Crippen LogP contribution >= 0.6 is 0 Å². The number of nitrogens with zero attached hydrogens (tertiary/aromatic N) is 1. The van der Waals surface area contributed by atoms with E-state index in [9.17, 15) is 0 Å². The molecular formula is C14H14N2O2. The highest BCUT2D eigenvalue weighted by Gasteiger charge is 2.17. The summed E-state index contributed by atoms with van der Waals surface area (Å²) in [5, 5.41) is 4.53. The standard InChI is InChI=1S/C14H14N2O2/c1-4-15-5-2-11(1)16-6-3-10-7-13-14(8-12(10)16)18-9-17-13/h1,3,6-8,15H,2,4-5,9H2. The number of benzene rings is 1. The second-order valence-electron chi connectivity index (χ2n) is 4.60. The summed E-state index contributed by atoms with van der Waals surface area (Å²) in [6.07, 6.45) is 5.42. The highest BCUT2D eigenvalue weighted by atomic mass is 16.7. The largest absolute Gasteiger partial charge is 0.454 e. The van der Waals surface area contributed by atoms with Crippen LogP contribution in [0.5, 0.6) is 11.5 Å². The molecule has 2 aliphatic heterocycles. The summed E-state index contributed by atoms with van der Waals surface area (Å²) >= 11 is 0. The minimum absolute atomic E-state index is 0.328. The fourth-order valence-corrected chi connectivity index (χ4v) is 2.60. The molecule has 0 amide bonds. The summed E-state index contributed by atoms with van der Waals surface area (Å²) < 4.78 is 13.1. The summed E-state index contributed by atoms with van der Waals surface area (Å²) in [6.45, 7) is 2.31. The lowest BCUT2D eigenvalue weighted by Gasteiger charge is -2.16. The van der Waals surface area contributed by atoms with Gasteiger partial charge in [0.05, 0.1) is 5.52 Å². The molecule has 2 aliphatic rings. The zero-order chi connectivity index (χ0) is 11.9. The van der Waals surface area contributed by atoms with Gasteiger partial charge in [0, 0.05) is 42.9 Å². The van der Waals surface area contributed by atoms with Gasteiger partial charge in [0.1, 0.15) is 0 Å². The average molecular weight is 242 g/mol. The summed E-state index contributed by atoms with van der Waals surface area (Å²) in [4.78, 5) is 0. The Balaban J connectivity index is 1.89. The zero-order valence-corrected chi connectivity index (χ0v) is 9.98. The SMILES string of the molecule is C1=C(n2ccc3cc4c(cc32)OCO4)CCNC1. The van der Waals surface area contributed by atoms with E-state index >= 15 is 0 Å². The topological polar surface area (TPSA) is 35.4 Å². The first-order chi connectivity index (χ1) is 8.92. The van der Waals surface area contributed by atoms with Gasteiger partial charge in [-0.1, -0.05) is 6.08 Å². The number of aromatic nitrogens is 1. The Morgan fingerprint density at radius 3 is 2.89 bits per heavy atom. The van der Waals surface area contributed by atoms with Crippen molar-refractivity contribution in [3.63, 3.8) is 0 Å². The summed E-state index contributed by atoms with van der Waals surface area (Å²) in [5.74, 6) is 1.69. The summed E-state index contributed by atoms with van der Waals surface area (Å²) in [7, 11) is 0. The van der Waals surface area contributed by atoms with Crippen LogP contribution in [0.3, 0.4) is 0 Å². The minimum Gasteiger partial charge on any atom is -0.454 e. The van der Waals surface area contributed by atoms with E-state index < -0.39 is 0 Å². The van der Waals surface area contributed by atoms with Crippen LogP contribution in [0.2, 0.25) is 0 Å². The molecule has 1 aromatic heterocycles. The molecule has 1 N–H and O–H groups in total. The van der Waals surface area contributed by atoms with Crippen LogP contribution in [0.4, 0.5) is 0 Å². The molecule has 18 heavy (non-hydrogen) atoms. The van der Waals surface area contributed by atoms with E-state index in [2.05, 4.69) is 40.4 Å². The monoisotopic (exact) mass is 242 g/mol. The highest BCUT2D eigenvalue weighted by Crippen LogP contribution is 2.37. The summed E-state index contributed by atoms with van der Waals surface area (Å²) in [6, 6.07) is 6.25. The van der Waals surface area contributed by atoms with Crippen molar-refractivity contribution in [1.29, 1.82) is 0 Å². The first kappa shape index (κ1) is 10.0. The van der Waals surface area contributed by atoms with E-state index in [1.54, 1.807) is 0 Å². The Labute approximate surface area is 105 Å². The molecule has 4 nitrogen and oxygen atoms in total. The molecular weight excluding hydrogens is 228 g/mol. The zero-order valence-electron chi connectivity index (χ0n) is 9.98. The maximum Gasteiger partial charge on any atom is 0.231 e. The Hall–Kier alpha value is -1.94. The molecule has 2 aromatic rings. The highest BCUT2D eigenvalue weighted by molar-refractivity contribution is 5.87. The average Bonchev–Trinajstić information content (AvgIpc) is 3.02. The van der Waals surface area contributed by atoms with Gasteiger partial charge in [-0.05, 0) is 12.1 Å². The van der Waals surface area contributed by atoms with Crippen LogP contribution in [0.15, 0.2) is 30.5 Å². The number of ether oxygens (including phenoxy) is 2. The summed E-state index contributed by atoms with van der Waals surface area (Å²) in [5.41, 5.74) is 2.54. The Morgan fingerprint density at radius 2 is 2.06 bits per heavy atom. The molecule has 0 atom stereocenters. The van der Waals surface area contributed by atoms with E-state index in [-0.39, 0.29) is 0 Å². The van der Waals surface area contributed by atoms with E-state index in [0.29, 0.717) is 6.79 Å². The second-order valence-corrected chi connectivity index (χ2v) is 4.60. The van der Waals surface area contributed by atoms with Crippen molar-refractivity contribution in [3.05, 3.63) is 30.5 Å². The van der Waals surface area contributed by atoms with Gasteiger partial charge >= 0.3 is 0 Å². The molecule has 0 aliphatic carbocycles. The molecule has 4 heteroatoms. The normalized spacial score (nSPS) is 18.1. The van der Waals surface area contributed by atoms with Gasteiger partial charge < -0.3 is 19.4 Å². The molecule has 0 bridgehead atoms. The third kappa shape index (κ3) is 1.42. The van der Waals surface area contributed by atoms with E-state index in [4.69, 9.17) is 9.47 Å². The minimum atomic E-state index is 0.328. The van der Waals surface area contributed by atoms with Crippen molar-refractivity contribution in [3.8, 4) is 11.5 Å². The van der Waals surface area contributed by atoms with E-state index in [1.807, 2.05) is 0 Å². The maximum atomic E-state index is 5.45. The number of nitrogens with one attached hydrogen (secondary N) is 1. The fourth-order valence-electron chi connectivity index (χ4n) is 2.60. The number of hydrogen-bond donors (Lipinski definition) is 1. The first-order valence-corrected chi connectivity index (χ1v) is 6.23. The van der Waals surface area contributed by atoms with Crippen LogP contribution in [0.1, 0.15) is 6.42 Å². The van der Waals surface area contributed by atoms with Crippen molar-refractivity contribution in [2.75, 3.05) is 19.9 Å². The van der Waals surface area contributed by atoms with Gasteiger partial charge in [-0.15, -0.1) is 0 Å². The van der Waals surface area contributed by atoms with Gasteiger partial charge in [0.25, 0.3) is 0 Å². The van der Waals surface area contributed by atoms with Gasteiger partial charge in [-0.2, -0.15) is 0 Å². The molecule has 92 valence electrons. The third-order valence-electron chi connectivity index (χ3n) is 3.53. The molecule has 0 saturated carbocycles. The van der Waals surface area contributed by atoms with Crippen molar-refractivity contribution < 1.29 is 9.47 Å². The molecule has 1 aromatic carbocycles. The van der Waals surface area contributed by atoms with Crippen LogP contribution in [-0.2, 0) is 0 Å². The lowest BCUT2D eigenvalue weighted by molar-refractivity contribution is 0.174. The van der Waals surface area contributed by atoms with Crippen molar-refractivity contribution >= 4 is 16.6 Å². The molecule has 0 saturated heterocycles. The molecule has 0 spiro atoms. The lowest BCUT2D eigenvalue weighted by atomic mass is 10.2. The van der Waals surface area contributed by atoms with E-state index in [0.717, 1.165) is 31.0 Å². The first-order valence-electron chi connectivity index (χ1n) is 6.23. The Kier molecular flexibility index (Phi) is 2.11. The molecule has 3 heterocycles. The molecule has 0 fully saturated rings. The molecule has 0 unspecified atom stereocenters. The maximum absolute atomic E-state index is 5.45. The van der Waals surface area contributed by atoms with Crippen molar-refractivity contribution in [1.82, 2.24) is 9.88 Å². The molecule has 0 radical (unpaired) electrons. The Morgan fingerprint density at radius 1 is 1.17 bits per heavy atom. The van der Waals surface area contributed by atoms with Crippen molar-refractivity contribution in [2.24, 2.45) is 0 Å². The predicted molar refractivity (Wildman–Crippen MR) is 69.8 cm³/mol. The predicted octanol–water partition coefficient (Wildman–Crippen LogP) is 2.20. The number of fused-ring (bicyclic) bond motifs is 2. The van der Waals surface area contributed by atoms with Gasteiger partial charge in [-0.3, -0.25) is 0 Å². The van der Waals surface area contributed by atoms with E-state index in [1.165, 1.54) is 16.6 Å². The van der Waals surface area contributed by atoms with Gasteiger partial charge in [0.15, 0.2) is 11.5 Å². The van der Waals surface area contributed by atoms with Crippen LogP contribution in [0, 0.1) is 0 Å². The smallest absolute Gasteiger partial charge is 0.231 e. The van der Waals surface area contributed by atoms with Crippen LogP contribution < -0.4 is 14.8 Å². The van der Waals surface area contributed by atoms with Gasteiger partial charge in [-0.25, -0.2) is 0 Å². The fraction of sp³-hybridized carbons (Fsp3) is 0.286. The van der Waals surface area contributed by atoms with Crippen LogP contribution in [0.25, 0.3) is 16.6 Å². The third-order valence-corrected chi connectivity index (χ3v) is 3.53. The Bertz CT molecular complexity index is 643. The van der Waals surface area contributed by atoms with Gasteiger partial charge in [0.2, 0.25) is 6.79 Å².